The van der Waals surface area contributed by atoms with Crippen LogP contribution in [0.5, 0.6) is 5.75 Å². The number of ether oxygens (including phenoxy) is 2. The van der Waals surface area contributed by atoms with Crippen LogP contribution >= 0.6 is 0 Å². The molecule has 25 heavy (non-hydrogen) atoms. The number of rotatable bonds is 5. The smallest absolute Gasteiger partial charge is 0.288 e. The van der Waals surface area contributed by atoms with Crippen LogP contribution in [0.3, 0.4) is 0 Å². The first-order valence-electron chi connectivity index (χ1n) is 7.49. The molecule has 0 unspecified atom stereocenters. The van der Waals surface area contributed by atoms with E-state index in [4.69, 9.17) is 15.2 Å². The van der Waals surface area contributed by atoms with Gasteiger partial charge in [0.25, 0.3) is 5.91 Å². The first kappa shape index (κ1) is 17.3. The summed E-state index contributed by atoms with van der Waals surface area (Å²) in [7, 11) is 1.50. The summed E-state index contributed by atoms with van der Waals surface area (Å²) >= 11 is 0. The lowest BCUT2D eigenvalue weighted by molar-refractivity contribution is -0.0579. The number of carbonyl (C=O) groups excluding carboxylic acids is 1. The van der Waals surface area contributed by atoms with Crippen LogP contribution in [0.2, 0.25) is 0 Å². The molecule has 1 aromatic carbocycles. The maximum absolute atomic E-state index is 11.5. The fraction of sp³-hybridized carbons (Fsp3) is 0.400. The number of aliphatic hydroxyl groups excluding tert-OH is 3. The topological polar surface area (TPSA) is 153 Å². The molecule has 0 radical (unpaired) electrons. The highest BCUT2D eigenvalue weighted by Gasteiger charge is 2.45. The van der Waals surface area contributed by atoms with Gasteiger partial charge in [-0.2, -0.15) is 0 Å². The summed E-state index contributed by atoms with van der Waals surface area (Å²) in [4.78, 5) is 15.6. The van der Waals surface area contributed by atoms with Gasteiger partial charge in [-0.25, -0.2) is 9.67 Å². The molecule has 0 bridgehead atoms. The summed E-state index contributed by atoms with van der Waals surface area (Å²) in [6.07, 6.45) is -4.81. The van der Waals surface area contributed by atoms with Gasteiger partial charge in [0.05, 0.1) is 13.7 Å². The first-order valence-corrected chi connectivity index (χ1v) is 7.49. The Hall–Kier alpha value is -2.53. The summed E-state index contributed by atoms with van der Waals surface area (Å²) in [5, 5.41) is 33.4. The van der Waals surface area contributed by atoms with Crippen molar-refractivity contribution in [1.29, 1.82) is 0 Å². The lowest BCUT2D eigenvalue weighted by atomic mass is 10.1. The van der Waals surface area contributed by atoms with E-state index in [1.807, 2.05) is 0 Å². The Morgan fingerprint density at radius 1 is 1.40 bits per heavy atom. The zero-order chi connectivity index (χ0) is 18.1. The van der Waals surface area contributed by atoms with Gasteiger partial charge in [-0.1, -0.05) is 12.1 Å². The van der Waals surface area contributed by atoms with E-state index in [0.29, 0.717) is 11.3 Å². The van der Waals surface area contributed by atoms with E-state index >= 15 is 0 Å². The zero-order valence-corrected chi connectivity index (χ0v) is 13.3. The van der Waals surface area contributed by atoms with E-state index in [1.165, 1.54) is 11.8 Å². The Bertz CT molecular complexity index is 779. The largest absolute Gasteiger partial charge is 0.497 e. The minimum atomic E-state index is -1.37. The van der Waals surface area contributed by atoms with Crippen LogP contribution in [-0.2, 0) is 4.74 Å². The minimum Gasteiger partial charge on any atom is -0.497 e. The maximum atomic E-state index is 11.5. The van der Waals surface area contributed by atoms with Crippen molar-refractivity contribution in [3.8, 4) is 17.1 Å². The van der Waals surface area contributed by atoms with Crippen molar-refractivity contribution in [2.45, 2.75) is 24.5 Å². The van der Waals surface area contributed by atoms with Crippen LogP contribution in [0.4, 0.5) is 0 Å². The molecule has 1 amide bonds. The molecule has 10 heteroatoms. The van der Waals surface area contributed by atoms with Gasteiger partial charge < -0.3 is 30.5 Å². The van der Waals surface area contributed by atoms with Crippen molar-refractivity contribution in [2.75, 3.05) is 13.7 Å². The summed E-state index contributed by atoms with van der Waals surface area (Å²) in [6.45, 7) is -0.486. The number of aliphatic hydroxyl groups is 3. The first-order chi connectivity index (χ1) is 12.0. The van der Waals surface area contributed by atoms with Gasteiger partial charge in [0.1, 0.15) is 24.1 Å². The second-order valence-electron chi connectivity index (χ2n) is 5.53. The number of nitrogens with zero attached hydrogens (tertiary/aromatic N) is 3. The number of benzene rings is 1. The van der Waals surface area contributed by atoms with Gasteiger partial charge in [-0.3, -0.25) is 4.79 Å². The third-order valence-corrected chi connectivity index (χ3v) is 3.94. The van der Waals surface area contributed by atoms with Crippen LogP contribution < -0.4 is 10.5 Å². The molecule has 5 N–H and O–H groups in total. The number of aromatic nitrogens is 3. The molecule has 2 heterocycles. The molecule has 1 fully saturated rings. The zero-order valence-electron chi connectivity index (χ0n) is 13.3. The normalized spacial score (nSPS) is 25.9. The van der Waals surface area contributed by atoms with Crippen molar-refractivity contribution >= 4 is 5.91 Å². The van der Waals surface area contributed by atoms with E-state index in [9.17, 15) is 20.1 Å². The van der Waals surface area contributed by atoms with Gasteiger partial charge in [-0.05, 0) is 12.1 Å². The highest BCUT2D eigenvalue weighted by molar-refractivity contribution is 5.89. The molecule has 2 aromatic rings. The maximum Gasteiger partial charge on any atom is 0.288 e. The van der Waals surface area contributed by atoms with Gasteiger partial charge in [-0.15, -0.1) is 5.10 Å². The SMILES string of the molecule is COc1cccc(-c2nc(C(N)=O)nn2[C@@H]2O[C@H](CO)[C@@H](O)[C@H]2O)c1. The standard InChI is InChI=1S/C15H18N4O6/c1-24-8-4-2-3-7(5-8)14-17-13(12(16)23)18-19(14)15-11(22)10(21)9(6-20)25-15/h2-5,9-11,15,20-22H,6H2,1H3,(H2,16,23)/t9-,10-,11-,15-/m1/s1. The second-order valence-corrected chi connectivity index (χ2v) is 5.53. The molecule has 0 saturated carbocycles. The molecule has 134 valence electrons. The van der Waals surface area contributed by atoms with Gasteiger partial charge in [0.15, 0.2) is 12.1 Å². The number of carbonyl (C=O) groups is 1. The average molecular weight is 350 g/mol. The Kier molecular flexibility index (Phi) is 4.68. The third-order valence-electron chi connectivity index (χ3n) is 3.94. The third kappa shape index (κ3) is 3.07. The van der Waals surface area contributed by atoms with Gasteiger partial charge in [0.2, 0.25) is 5.82 Å². The number of primary amides is 1. The number of hydrogen-bond donors (Lipinski definition) is 4. The summed E-state index contributed by atoms with van der Waals surface area (Å²) < 4.78 is 11.8. The predicted octanol–water partition coefficient (Wildman–Crippen LogP) is -1.34. The lowest BCUT2D eigenvalue weighted by Crippen LogP contribution is -2.33. The van der Waals surface area contributed by atoms with Crippen molar-refractivity contribution in [3.63, 3.8) is 0 Å². The monoisotopic (exact) mass is 350 g/mol. The quantitative estimate of drug-likeness (QED) is 0.517. The van der Waals surface area contributed by atoms with Gasteiger partial charge in [0, 0.05) is 5.56 Å². The van der Waals surface area contributed by atoms with E-state index in [1.54, 1.807) is 24.3 Å². The van der Waals surface area contributed by atoms with Crippen LogP contribution in [0.1, 0.15) is 16.8 Å². The summed E-state index contributed by atoms with van der Waals surface area (Å²) in [5.41, 5.74) is 5.79. The fourth-order valence-corrected chi connectivity index (χ4v) is 2.65. The van der Waals surface area contributed by atoms with Gasteiger partial charge >= 0.3 is 0 Å². The lowest BCUT2D eigenvalue weighted by Gasteiger charge is -2.17. The molecule has 1 aliphatic heterocycles. The van der Waals surface area contributed by atoms with Crippen LogP contribution in [0.15, 0.2) is 24.3 Å². The van der Waals surface area contributed by atoms with Crippen LogP contribution in [-0.4, -0.2) is 68.0 Å². The van der Waals surface area contributed by atoms with E-state index in [2.05, 4.69) is 10.1 Å². The highest BCUT2D eigenvalue weighted by atomic mass is 16.6. The average Bonchev–Trinajstić information content (AvgIpc) is 3.17. The molecule has 0 aliphatic carbocycles. The molecule has 4 atom stereocenters. The number of amides is 1. The number of hydrogen-bond acceptors (Lipinski definition) is 8. The molecule has 1 aliphatic rings. The fourth-order valence-electron chi connectivity index (χ4n) is 2.65. The predicted molar refractivity (Wildman–Crippen MR) is 83.5 cm³/mol. The number of nitrogens with two attached hydrogens (primary N) is 1. The molecule has 10 nitrogen and oxygen atoms in total. The second kappa shape index (κ2) is 6.76. The highest BCUT2D eigenvalue weighted by Crippen LogP contribution is 2.33. The van der Waals surface area contributed by atoms with Crippen LogP contribution in [0, 0.1) is 0 Å². The Balaban J connectivity index is 2.08. The van der Waals surface area contributed by atoms with E-state index in [-0.39, 0.29) is 11.6 Å². The Morgan fingerprint density at radius 3 is 2.76 bits per heavy atom. The van der Waals surface area contributed by atoms with Crippen molar-refractivity contribution in [1.82, 2.24) is 14.8 Å². The molecule has 1 aromatic heterocycles. The van der Waals surface area contributed by atoms with E-state index < -0.39 is 37.1 Å². The van der Waals surface area contributed by atoms with Crippen molar-refractivity contribution in [3.05, 3.63) is 30.1 Å². The number of methoxy groups -OCH3 is 1. The van der Waals surface area contributed by atoms with Crippen molar-refractivity contribution < 1.29 is 29.6 Å². The Labute approximate surface area is 142 Å². The molecule has 0 spiro atoms. The Morgan fingerprint density at radius 2 is 2.16 bits per heavy atom. The van der Waals surface area contributed by atoms with Crippen LogP contribution in [0.25, 0.3) is 11.4 Å². The van der Waals surface area contributed by atoms with E-state index in [0.717, 1.165) is 0 Å². The molecule has 1 saturated heterocycles. The minimum absolute atomic E-state index is 0.197. The van der Waals surface area contributed by atoms with Crippen molar-refractivity contribution in [2.24, 2.45) is 5.73 Å². The molecular weight excluding hydrogens is 332 g/mol. The molecule has 3 rings (SSSR count). The summed E-state index contributed by atoms with van der Waals surface area (Å²) in [6, 6.07) is 6.81. The summed E-state index contributed by atoms with van der Waals surface area (Å²) in [5.74, 6) is -0.374. The molecular formula is C15H18N4O6.